The van der Waals surface area contributed by atoms with Crippen LogP contribution >= 0.6 is 0 Å². The lowest BCUT2D eigenvalue weighted by Gasteiger charge is -2.26. The van der Waals surface area contributed by atoms with Crippen LogP contribution in [0, 0.1) is 5.82 Å². The first-order valence-electron chi connectivity index (χ1n) is 8.92. The maximum absolute atomic E-state index is 13.2. The summed E-state index contributed by atoms with van der Waals surface area (Å²) in [6, 6.07) is 9.04. The average molecular weight is 378 g/mol. The van der Waals surface area contributed by atoms with Crippen molar-refractivity contribution < 1.29 is 12.8 Å². The van der Waals surface area contributed by atoms with Crippen LogP contribution in [0.2, 0.25) is 0 Å². The number of aromatic nitrogens is 1. The molecule has 7 heteroatoms. The Labute approximate surface area is 153 Å². The fourth-order valence-electron chi connectivity index (χ4n) is 3.24. The van der Waals surface area contributed by atoms with Crippen molar-refractivity contribution >= 4 is 10.0 Å². The Kier molecular flexibility index (Phi) is 5.88. The summed E-state index contributed by atoms with van der Waals surface area (Å²) in [4.78, 5) is 12.2. The van der Waals surface area contributed by atoms with Gasteiger partial charge in [0.1, 0.15) is 5.82 Å². The molecule has 26 heavy (non-hydrogen) atoms. The molecule has 1 aromatic heterocycles. The van der Waals surface area contributed by atoms with Gasteiger partial charge in [0.25, 0.3) is 5.56 Å². The van der Waals surface area contributed by atoms with Crippen molar-refractivity contribution in [3.8, 4) is 0 Å². The second-order valence-corrected chi connectivity index (χ2v) is 8.53. The van der Waals surface area contributed by atoms with Crippen LogP contribution < -0.4 is 5.56 Å². The highest BCUT2D eigenvalue weighted by molar-refractivity contribution is 7.89. The Balaban J connectivity index is 1.72. The van der Waals surface area contributed by atoms with E-state index >= 15 is 0 Å². The third-order valence-corrected chi connectivity index (χ3v) is 6.54. The minimum absolute atomic E-state index is 0.157. The van der Waals surface area contributed by atoms with Gasteiger partial charge in [-0.15, -0.1) is 0 Å². The van der Waals surface area contributed by atoms with Crippen molar-refractivity contribution in [3.63, 3.8) is 0 Å². The highest BCUT2D eigenvalue weighted by Gasteiger charge is 2.26. The quantitative estimate of drug-likeness (QED) is 0.777. The number of nitrogens with zero attached hydrogens (tertiary/aromatic N) is 2. The fourth-order valence-corrected chi connectivity index (χ4v) is 4.77. The van der Waals surface area contributed by atoms with Gasteiger partial charge in [-0.25, -0.2) is 12.8 Å². The van der Waals surface area contributed by atoms with Gasteiger partial charge in [-0.2, -0.15) is 4.31 Å². The van der Waals surface area contributed by atoms with Gasteiger partial charge < -0.3 is 4.57 Å². The van der Waals surface area contributed by atoms with E-state index in [2.05, 4.69) is 0 Å². The summed E-state index contributed by atoms with van der Waals surface area (Å²) in [5.41, 5.74) is 0.622. The molecule has 0 aliphatic carbocycles. The van der Waals surface area contributed by atoms with Gasteiger partial charge in [-0.05, 0) is 49.4 Å². The van der Waals surface area contributed by atoms with Gasteiger partial charge in [0.2, 0.25) is 10.0 Å². The van der Waals surface area contributed by atoms with E-state index in [-0.39, 0.29) is 16.3 Å². The van der Waals surface area contributed by atoms with Gasteiger partial charge in [0.05, 0.1) is 4.90 Å². The fraction of sp³-hybridized carbons (Fsp3) is 0.421. The maximum atomic E-state index is 13.2. The molecule has 0 N–H and O–H groups in total. The molecule has 0 saturated carbocycles. The number of sulfonamides is 1. The Morgan fingerprint density at radius 3 is 2.54 bits per heavy atom. The van der Waals surface area contributed by atoms with Crippen molar-refractivity contribution in [1.29, 1.82) is 0 Å². The van der Waals surface area contributed by atoms with Crippen LogP contribution in [0.25, 0.3) is 0 Å². The largest absolute Gasteiger partial charge is 0.314 e. The predicted octanol–water partition coefficient (Wildman–Crippen LogP) is 2.79. The van der Waals surface area contributed by atoms with E-state index in [9.17, 15) is 17.6 Å². The van der Waals surface area contributed by atoms with Crippen LogP contribution in [-0.4, -0.2) is 30.4 Å². The molecule has 0 atom stereocenters. The summed E-state index contributed by atoms with van der Waals surface area (Å²) < 4.78 is 41.6. The molecule has 1 fully saturated rings. The zero-order chi connectivity index (χ0) is 18.6. The lowest BCUT2D eigenvalue weighted by molar-refractivity contribution is 0.346. The number of pyridine rings is 1. The summed E-state index contributed by atoms with van der Waals surface area (Å²) in [6.45, 7) is 1.45. The van der Waals surface area contributed by atoms with Crippen LogP contribution in [0.1, 0.15) is 31.2 Å². The summed E-state index contributed by atoms with van der Waals surface area (Å²) in [5, 5.41) is 0. The standard InChI is InChI=1S/C19H23FN2O3S/c20-17-8-4-6-16(14-17)7-5-11-21-15-18(9-10-19(21)23)26(24,25)22-12-2-1-3-13-22/h4,6,8-10,14-15H,1-3,5,7,11-13H2. The number of piperidine rings is 1. The average Bonchev–Trinajstić information content (AvgIpc) is 2.64. The van der Waals surface area contributed by atoms with Gasteiger partial charge in [-0.3, -0.25) is 4.79 Å². The third-order valence-electron chi connectivity index (χ3n) is 4.66. The number of aryl methyl sites for hydroxylation is 2. The molecule has 1 aliphatic heterocycles. The molecule has 0 radical (unpaired) electrons. The van der Waals surface area contributed by atoms with E-state index in [1.165, 1.54) is 39.3 Å². The van der Waals surface area contributed by atoms with Crippen molar-refractivity contribution in [2.45, 2.75) is 43.5 Å². The van der Waals surface area contributed by atoms with Crippen molar-refractivity contribution in [2.24, 2.45) is 0 Å². The molecular formula is C19H23FN2O3S. The van der Waals surface area contributed by atoms with Gasteiger partial charge >= 0.3 is 0 Å². The van der Waals surface area contributed by atoms with Gasteiger partial charge in [0, 0.05) is 31.9 Å². The normalized spacial score (nSPS) is 15.9. The van der Waals surface area contributed by atoms with Crippen LogP contribution in [0.5, 0.6) is 0 Å². The summed E-state index contributed by atoms with van der Waals surface area (Å²) in [7, 11) is -3.56. The molecule has 2 aromatic rings. The molecule has 0 amide bonds. The smallest absolute Gasteiger partial charge is 0.250 e. The van der Waals surface area contributed by atoms with Crippen LogP contribution in [-0.2, 0) is 23.0 Å². The Morgan fingerprint density at radius 1 is 1.04 bits per heavy atom. The Morgan fingerprint density at radius 2 is 1.81 bits per heavy atom. The van der Waals surface area contributed by atoms with Crippen molar-refractivity contribution in [1.82, 2.24) is 8.87 Å². The maximum Gasteiger partial charge on any atom is 0.250 e. The minimum Gasteiger partial charge on any atom is -0.314 e. The minimum atomic E-state index is -3.56. The first kappa shape index (κ1) is 18.8. The van der Waals surface area contributed by atoms with E-state index in [1.807, 2.05) is 6.07 Å². The molecular weight excluding hydrogens is 355 g/mol. The highest BCUT2D eigenvalue weighted by atomic mass is 32.2. The van der Waals surface area contributed by atoms with E-state index < -0.39 is 10.0 Å². The molecule has 0 bridgehead atoms. The monoisotopic (exact) mass is 378 g/mol. The zero-order valence-corrected chi connectivity index (χ0v) is 15.4. The molecule has 3 rings (SSSR count). The molecule has 1 saturated heterocycles. The predicted molar refractivity (Wildman–Crippen MR) is 98.0 cm³/mol. The van der Waals surface area contributed by atoms with E-state index in [0.29, 0.717) is 32.5 Å². The SMILES string of the molecule is O=c1ccc(S(=O)(=O)N2CCCCC2)cn1CCCc1cccc(F)c1. The summed E-state index contributed by atoms with van der Waals surface area (Å²) in [5.74, 6) is -0.283. The Hall–Kier alpha value is -1.99. The molecule has 0 spiro atoms. The molecule has 1 aromatic carbocycles. The molecule has 1 aliphatic rings. The van der Waals surface area contributed by atoms with E-state index in [1.54, 1.807) is 6.07 Å². The van der Waals surface area contributed by atoms with Crippen LogP contribution in [0.15, 0.2) is 52.3 Å². The first-order valence-corrected chi connectivity index (χ1v) is 10.4. The lowest BCUT2D eigenvalue weighted by Crippen LogP contribution is -2.36. The Bertz CT molecular complexity index is 918. The third kappa shape index (κ3) is 4.40. The van der Waals surface area contributed by atoms with Crippen molar-refractivity contribution in [2.75, 3.05) is 13.1 Å². The molecule has 140 valence electrons. The number of benzene rings is 1. The number of halogens is 1. The second-order valence-electron chi connectivity index (χ2n) is 6.59. The van der Waals surface area contributed by atoms with Gasteiger partial charge in [-0.1, -0.05) is 18.6 Å². The summed E-state index contributed by atoms with van der Waals surface area (Å²) >= 11 is 0. The van der Waals surface area contributed by atoms with Gasteiger partial charge in [0.15, 0.2) is 0 Å². The zero-order valence-electron chi connectivity index (χ0n) is 14.6. The summed E-state index contributed by atoms with van der Waals surface area (Å²) in [6.07, 6.45) is 5.45. The number of hydrogen-bond acceptors (Lipinski definition) is 3. The molecule has 2 heterocycles. The topological polar surface area (TPSA) is 59.4 Å². The number of rotatable bonds is 6. The first-order chi connectivity index (χ1) is 12.5. The number of hydrogen-bond donors (Lipinski definition) is 0. The lowest BCUT2D eigenvalue weighted by atomic mass is 10.1. The molecule has 0 unspecified atom stereocenters. The van der Waals surface area contributed by atoms with E-state index in [0.717, 1.165) is 24.8 Å². The second kappa shape index (κ2) is 8.14. The molecule has 5 nitrogen and oxygen atoms in total. The van der Waals surface area contributed by atoms with E-state index in [4.69, 9.17) is 0 Å². The van der Waals surface area contributed by atoms with Crippen molar-refractivity contribution in [3.05, 3.63) is 64.3 Å². The highest BCUT2D eigenvalue weighted by Crippen LogP contribution is 2.19. The van der Waals surface area contributed by atoms with Crippen LogP contribution in [0.3, 0.4) is 0 Å². The van der Waals surface area contributed by atoms with Crippen LogP contribution in [0.4, 0.5) is 4.39 Å².